The zero-order valence-corrected chi connectivity index (χ0v) is 20.7. The van der Waals surface area contributed by atoms with E-state index >= 15 is 0 Å². The number of allylic oxidation sites excluding steroid dienone is 2. The van der Waals surface area contributed by atoms with Crippen LogP contribution in [0.1, 0.15) is 43.0 Å². The van der Waals surface area contributed by atoms with Crippen LogP contribution in [0.15, 0.2) is 60.7 Å². The quantitative estimate of drug-likeness (QED) is 0.351. The maximum atomic E-state index is 14.1. The first-order valence-electron chi connectivity index (χ1n) is 12.4. The molecule has 1 saturated heterocycles. The second-order valence-corrected chi connectivity index (χ2v) is 10.0. The number of nitrogen functional groups attached to an aromatic ring is 1. The Labute approximate surface area is 221 Å². The Bertz CT molecular complexity index is 1410. The van der Waals surface area contributed by atoms with Crippen LogP contribution >= 0.6 is 0 Å². The zero-order valence-electron chi connectivity index (χ0n) is 20.7. The molecule has 204 valence electrons. The lowest BCUT2D eigenvalue weighted by atomic mass is 9.73. The van der Waals surface area contributed by atoms with Crippen molar-refractivity contribution in [3.63, 3.8) is 0 Å². The highest BCUT2D eigenvalue weighted by Gasteiger charge is 2.44. The number of hydrogen-bond acceptors (Lipinski definition) is 6. The molecule has 2 aromatic carbocycles. The molecule has 7 nitrogen and oxygen atoms in total. The molecule has 0 saturated carbocycles. The Balaban J connectivity index is 1.36. The number of aromatic nitrogens is 2. The van der Waals surface area contributed by atoms with Crippen molar-refractivity contribution in [2.45, 2.75) is 44.0 Å². The Morgan fingerprint density at radius 3 is 2.51 bits per heavy atom. The van der Waals surface area contributed by atoms with Crippen molar-refractivity contribution in [1.82, 2.24) is 15.3 Å². The summed E-state index contributed by atoms with van der Waals surface area (Å²) < 4.78 is 61.1. The summed E-state index contributed by atoms with van der Waals surface area (Å²) in [6.07, 6.45) is -2.74. The topological polar surface area (TPSA) is 110 Å². The molecule has 1 aliphatic carbocycles. The van der Waals surface area contributed by atoms with Crippen molar-refractivity contribution in [3.05, 3.63) is 77.7 Å². The van der Waals surface area contributed by atoms with Gasteiger partial charge in [0.05, 0.1) is 5.69 Å². The van der Waals surface area contributed by atoms with Gasteiger partial charge in [0, 0.05) is 18.2 Å². The third-order valence-electron chi connectivity index (χ3n) is 7.32. The van der Waals surface area contributed by atoms with E-state index in [-0.39, 0.29) is 22.8 Å². The summed E-state index contributed by atoms with van der Waals surface area (Å²) in [4.78, 5) is 19.4. The second kappa shape index (κ2) is 10.3. The molecular weight excluding hydrogens is 516 g/mol. The van der Waals surface area contributed by atoms with Crippen LogP contribution in [0.2, 0.25) is 0 Å². The number of carboxylic acids is 1. The number of carboxylic acid groups (broad SMARTS) is 1. The first kappa shape index (κ1) is 26.6. The number of carbonyl (C=O) groups is 1. The van der Waals surface area contributed by atoms with Crippen molar-refractivity contribution in [3.8, 4) is 17.0 Å². The van der Waals surface area contributed by atoms with E-state index in [1.165, 1.54) is 48.5 Å². The summed E-state index contributed by atoms with van der Waals surface area (Å²) in [6.45, 7) is 0.583. The minimum absolute atomic E-state index is 0.151. The number of anilines is 1. The van der Waals surface area contributed by atoms with Crippen LogP contribution in [0.3, 0.4) is 0 Å². The number of alkyl halides is 3. The molecule has 3 aromatic rings. The van der Waals surface area contributed by atoms with Crippen molar-refractivity contribution < 1.29 is 32.2 Å². The lowest BCUT2D eigenvalue weighted by molar-refractivity contribution is -0.198. The van der Waals surface area contributed by atoms with Crippen LogP contribution in [0, 0.1) is 11.2 Å². The van der Waals surface area contributed by atoms with Gasteiger partial charge >= 0.3 is 12.1 Å². The summed E-state index contributed by atoms with van der Waals surface area (Å²) in [5, 5.41) is 12.3. The molecule has 1 aliphatic heterocycles. The van der Waals surface area contributed by atoms with E-state index in [9.17, 15) is 27.5 Å². The van der Waals surface area contributed by atoms with Gasteiger partial charge in [-0.15, -0.1) is 0 Å². The molecule has 0 radical (unpaired) electrons. The monoisotopic (exact) mass is 542 g/mol. The molecule has 1 fully saturated rings. The molecule has 39 heavy (non-hydrogen) atoms. The summed E-state index contributed by atoms with van der Waals surface area (Å²) in [6, 6.07) is 12.0. The highest BCUT2D eigenvalue weighted by molar-refractivity contribution is 5.74. The summed E-state index contributed by atoms with van der Waals surface area (Å²) in [5.41, 5.74) is 7.77. The first-order valence-corrected chi connectivity index (χ1v) is 12.4. The van der Waals surface area contributed by atoms with Gasteiger partial charge in [-0.25, -0.2) is 9.37 Å². The minimum atomic E-state index is -4.76. The Hall–Kier alpha value is -3.99. The van der Waals surface area contributed by atoms with Crippen molar-refractivity contribution in [2.24, 2.45) is 5.41 Å². The number of hydrogen-bond donors (Lipinski definition) is 3. The van der Waals surface area contributed by atoms with Gasteiger partial charge in [0.15, 0.2) is 0 Å². The lowest BCUT2D eigenvalue weighted by Gasteiger charge is -2.31. The highest BCUT2D eigenvalue weighted by Crippen LogP contribution is 2.45. The number of nitrogens with two attached hydrogens (primary N) is 1. The van der Waals surface area contributed by atoms with Gasteiger partial charge in [-0.1, -0.05) is 42.5 Å². The van der Waals surface area contributed by atoms with Gasteiger partial charge in [0.25, 0.3) is 0 Å². The molecule has 1 spiro atoms. The normalized spacial score (nSPS) is 21.9. The van der Waals surface area contributed by atoms with E-state index in [0.717, 1.165) is 5.57 Å². The molecule has 0 bridgehead atoms. The molecule has 0 amide bonds. The molecule has 4 N–H and O–H groups in total. The first-order chi connectivity index (χ1) is 18.5. The van der Waals surface area contributed by atoms with Crippen LogP contribution in [-0.2, 0) is 4.79 Å². The van der Waals surface area contributed by atoms with Crippen LogP contribution in [-0.4, -0.2) is 39.8 Å². The number of ether oxygens (including phenoxy) is 1. The number of benzene rings is 2. The van der Waals surface area contributed by atoms with Crippen LogP contribution in [0.4, 0.5) is 23.5 Å². The standard InChI is InChI=1S/C28H26F4N4O3/c29-20-3-1-2-19(12-20)16-4-6-18(7-5-16)24(28(30,31)32)39-23-13-21(35-26(33)36-23)17-8-10-27(11-9-17)14-22(25(37)38)34-15-27/h1-8,12-13,22,24,34H,9-11,14-15H2,(H,37,38)(H2,33,35,36)/t22?,24-,27?/m1/s1. The lowest BCUT2D eigenvalue weighted by Crippen LogP contribution is -2.30. The Morgan fingerprint density at radius 2 is 1.90 bits per heavy atom. The fraction of sp³-hybridized carbons (Fsp3) is 0.321. The van der Waals surface area contributed by atoms with E-state index in [2.05, 4.69) is 15.3 Å². The number of nitrogens with zero attached hydrogens (tertiary/aromatic N) is 2. The van der Waals surface area contributed by atoms with E-state index in [1.807, 2.05) is 6.08 Å². The molecule has 3 atom stereocenters. The molecule has 11 heteroatoms. The fourth-order valence-corrected chi connectivity index (χ4v) is 5.24. The van der Waals surface area contributed by atoms with Crippen LogP contribution < -0.4 is 15.8 Å². The molecule has 5 rings (SSSR count). The van der Waals surface area contributed by atoms with E-state index < -0.39 is 30.1 Å². The zero-order chi connectivity index (χ0) is 27.8. The minimum Gasteiger partial charge on any atom is -0.480 e. The Morgan fingerprint density at radius 1 is 1.13 bits per heavy atom. The van der Waals surface area contributed by atoms with E-state index in [4.69, 9.17) is 10.5 Å². The van der Waals surface area contributed by atoms with Gasteiger partial charge < -0.3 is 20.9 Å². The highest BCUT2D eigenvalue weighted by atomic mass is 19.4. The average Bonchev–Trinajstić information content (AvgIpc) is 3.31. The van der Waals surface area contributed by atoms with E-state index in [0.29, 0.717) is 49.0 Å². The molecule has 2 aliphatic rings. The third-order valence-corrected chi connectivity index (χ3v) is 7.32. The smallest absolute Gasteiger partial charge is 0.429 e. The number of rotatable bonds is 6. The predicted molar refractivity (Wildman–Crippen MR) is 136 cm³/mol. The maximum absolute atomic E-state index is 14.1. The second-order valence-electron chi connectivity index (χ2n) is 10.0. The van der Waals surface area contributed by atoms with Gasteiger partial charge in [0.1, 0.15) is 11.9 Å². The largest absolute Gasteiger partial charge is 0.480 e. The maximum Gasteiger partial charge on any atom is 0.429 e. The SMILES string of the molecule is Nc1nc(O[C@H](c2ccc(-c3cccc(F)c3)cc2)C(F)(F)F)cc(C2=CCC3(CC2)CNC(C(=O)O)C3)n1. The van der Waals surface area contributed by atoms with Crippen molar-refractivity contribution in [1.29, 1.82) is 0 Å². The summed E-state index contributed by atoms with van der Waals surface area (Å²) in [5.74, 6) is -1.86. The third kappa shape index (κ3) is 5.88. The van der Waals surface area contributed by atoms with Gasteiger partial charge in [-0.3, -0.25) is 4.79 Å². The summed E-state index contributed by atoms with van der Waals surface area (Å²) in [7, 11) is 0. The summed E-state index contributed by atoms with van der Waals surface area (Å²) >= 11 is 0. The molecule has 1 aromatic heterocycles. The number of aliphatic carboxylic acids is 1. The Kier molecular flexibility index (Phi) is 7.02. The van der Waals surface area contributed by atoms with Crippen molar-refractivity contribution in [2.75, 3.05) is 12.3 Å². The molecular formula is C28H26F4N4O3. The average molecular weight is 543 g/mol. The van der Waals surface area contributed by atoms with Gasteiger partial charge in [-0.2, -0.15) is 18.2 Å². The van der Waals surface area contributed by atoms with Gasteiger partial charge in [0.2, 0.25) is 17.9 Å². The fourth-order valence-electron chi connectivity index (χ4n) is 5.24. The number of nitrogens with one attached hydrogen (secondary N) is 1. The van der Waals surface area contributed by atoms with Crippen LogP contribution in [0.25, 0.3) is 16.7 Å². The number of halogens is 4. The van der Waals surface area contributed by atoms with Gasteiger partial charge in [-0.05, 0) is 59.9 Å². The molecule has 2 unspecified atom stereocenters. The van der Waals surface area contributed by atoms with E-state index in [1.54, 1.807) is 6.07 Å². The molecule has 2 heterocycles. The van der Waals surface area contributed by atoms with Crippen LogP contribution in [0.5, 0.6) is 5.88 Å². The van der Waals surface area contributed by atoms with Crippen molar-refractivity contribution >= 4 is 17.5 Å². The predicted octanol–water partition coefficient (Wildman–Crippen LogP) is 5.55.